The van der Waals surface area contributed by atoms with Crippen molar-refractivity contribution >= 4 is 17.1 Å². The van der Waals surface area contributed by atoms with E-state index in [4.69, 9.17) is 0 Å². The highest BCUT2D eigenvalue weighted by molar-refractivity contribution is 5.77. The first-order valence-electron chi connectivity index (χ1n) is 8.58. The minimum atomic E-state index is -0.194. The van der Waals surface area contributed by atoms with Crippen LogP contribution in [-0.2, 0) is 13.1 Å². The lowest BCUT2D eigenvalue weighted by Crippen LogP contribution is -2.37. The molecule has 2 aromatic heterocycles. The van der Waals surface area contributed by atoms with Gasteiger partial charge >= 0.3 is 6.03 Å². The summed E-state index contributed by atoms with van der Waals surface area (Å²) < 4.78 is 0. The number of aryl methyl sites for hydroxylation is 4. The molecule has 0 saturated carbocycles. The summed E-state index contributed by atoms with van der Waals surface area (Å²) >= 11 is 0. The van der Waals surface area contributed by atoms with Gasteiger partial charge in [-0.1, -0.05) is 0 Å². The second-order valence-corrected chi connectivity index (χ2v) is 6.72. The molecule has 2 heterocycles. The van der Waals surface area contributed by atoms with E-state index < -0.39 is 0 Å². The molecule has 2 N–H and O–H groups in total. The number of benzene rings is 1. The number of hydrogen-bond acceptors (Lipinski definition) is 4. The molecule has 0 spiro atoms. The summed E-state index contributed by atoms with van der Waals surface area (Å²) in [6.07, 6.45) is 0. The molecule has 0 aliphatic rings. The number of imidazole rings is 1. The van der Waals surface area contributed by atoms with Crippen molar-refractivity contribution in [2.24, 2.45) is 0 Å². The zero-order valence-corrected chi connectivity index (χ0v) is 15.8. The van der Waals surface area contributed by atoms with Crippen LogP contribution >= 0.6 is 0 Å². The van der Waals surface area contributed by atoms with Gasteiger partial charge < -0.3 is 15.2 Å². The number of rotatable bonds is 4. The molecule has 0 saturated heterocycles. The smallest absolute Gasteiger partial charge is 0.317 e. The maximum absolute atomic E-state index is 12.3. The molecule has 2 amide bonds. The van der Waals surface area contributed by atoms with Gasteiger partial charge in [0, 0.05) is 18.4 Å². The van der Waals surface area contributed by atoms with Gasteiger partial charge in [-0.15, -0.1) is 0 Å². The molecule has 7 heteroatoms. The Hall–Kier alpha value is -2.96. The van der Waals surface area contributed by atoms with Crippen LogP contribution in [0.3, 0.4) is 0 Å². The molecule has 0 atom stereocenters. The van der Waals surface area contributed by atoms with E-state index in [2.05, 4.69) is 51.2 Å². The van der Waals surface area contributed by atoms with E-state index in [1.165, 1.54) is 11.1 Å². The topological polar surface area (TPSA) is 86.8 Å². The third-order valence-corrected chi connectivity index (χ3v) is 4.31. The highest BCUT2D eigenvalue weighted by Crippen LogP contribution is 2.17. The van der Waals surface area contributed by atoms with Gasteiger partial charge in [-0.05, 0) is 57.0 Å². The fourth-order valence-electron chi connectivity index (χ4n) is 2.86. The lowest BCUT2D eigenvalue weighted by Gasteiger charge is -2.16. The molecule has 1 aromatic carbocycles. The molecular formula is C19H24N6O. The van der Waals surface area contributed by atoms with E-state index in [0.29, 0.717) is 18.9 Å². The Morgan fingerprint density at radius 1 is 1.04 bits per heavy atom. The van der Waals surface area contributed by atoms with Gasteiger partial charge in [0.2, 0.25) is 0 Å². The number of aromatic nitrogens is 4. The van der Waals surface area contributed by atoms with Crippen LogP contribution in [0.15, 0.2) is 18.2 Å². The first-order chi connectivity index (χ1) is 12.3. The van der Waals surface area contributed by atoms with Crippen LogP contribution in [0.2, 0.25) is 0 Å². The first-order valence-corrected chi connectivity index (χ1v) is 8.58. The molecule has 3 aromatic rings. The monoisotopic (exact) mass is 352 g/mol. The number of carbonyl (C=O) groups excluding carboxylic acids is 1. The predicted molar refractivity (Wildman–Crippen MR) is 101 cm³/mol. The van der Waals surface area contributed by atoms with Crippen LogP contribution in [0.1, 0.15) is 34.2 Å². The van der Waals surface area contributed by atoms with Gasteiger partial charge in [0.25, 0.3) is 0 Å². The molecule has 0 radical (unpaired) electrons. The summed E-state index contributed by atoms with van der Waals surface area (Å²) in [7, 11) is 1.74. The summed E-state index contributed by atoms with van der Waals surface area (Å²) in [5.41, 5.74) is 6.11. The Kier molecular flexibility index (Phi) is 4.88. The minimum absolute atomic E-state index is 0.194. The van der Waals surface area contributed by atoms with Gasteiger partial charge in [-0.25, -0.2) is 19.7 Å². The second kappa shape index (κ2) is 7.11. The van der Waals surface area contributed by atoms with Gasteiger partial charge in [0.05, 0.1) is 24.1 Å². The van der Waals surface area contributed by atoms with Crippen molar-refractivity contribution in [3.05, 3.63) is 52.4 Å². The van der Waals surface area contributed by atoms with Gasteiger partial charge in [-0.3, -0.25) is 0 Å². The summed E-state index contributed by atoms with van der Waals surface area (Å²) in [4.78, 5) is 30.4. The third-order valence-electron chi connectivity index (χ3n) is 4.31. The number of carbonyl (C=O) groups is 1. The predicted octanol–water partition coefficient (Wildman–Crippen LogP) is 2.93. The Morgan fingerprint density at radius 2 is 1.69 bits per heavy atom. The zero-order chi connectivity index (χ0) is 18.8. The molecule has 0 bridgehead atoms. The Labute approximate surface area is 152 Å². The van der Waals surface area contributed by atoms with Crippen molar-refractivity contribution < 1.29 is 4.79 Å². The van der Waals surface area contributed by atoms with Crippen LogP contribution < -0.4 is 5.32 Å². The Bertz CT molecular complexity index is 903. The third kappa shape index (κ3) is 3.99. The normalized spacial score (nSPS) is 11.0. The van der Waals surface area contributed by atoms with Crippen LogP contribution in [0.25, 0.3) is 11.0 Å². The van der Waals surface area contributed by atoms with E-state index in [1.54, 1.807) is 11.9 Å². The number of urea groups is 1. The average molecular weight is 352 g/mol. The highest BCUT2D eigenvalue weighted by atomic mass is 16.2. The van der Waals surface area contributed by atoms with Crippen molar-refractivity contribution in [1.82, 2.24) is 30.2 Å². The van der Waals surface area contributed by atoms with Crippen LogP contribution in [0.4, 0.5) is 4.79 Å². The van der Waals surface area contributed by atoms with Crippen molar-refractivity contribution in [2.45, 2.75) is 40.8 Å². The molecule has 0 fully saturated rings. The maximum Gasteiger partial charge on any atom is 0.317 e. The number of nitrogens with zero attached hydrogens (tertiary/aromatic N) is 4. The maximum atomic E-state index is 12.3. The number of H-pyrrole nitrogens is 1. The zero-order valence-electron chi connectivity index (χ0n) is 15.8. The standard InChI is InChI=1S/C19H24N6O/c1-11-6-15-16(7-12(11)2)24-18(23-15)10-25(5)19(26)20-9-17-21-13(3)8-14(4)22-17/h6-8H,9-10H2,1-5H3,(H,20,26)(H,23,24). The lowest BCUT2D eigenvalue weighted by molar-refractivity contribution is 0.205. The second-order valence-electron chi connectivity index (χ2n) is 6.72. The van der Waals surface area contributed by atoms with E-state index in [1.807, 2.05) is 19.9 Å². The molecule has 136 valence electrons. The Balaban J connectivity index is 1.63. The van der Waals surface area contributed by atoms with Crippen LogP contribution in [0.5, 0.6) is 0 Å². The number of aromatic amines is 1. The van der Waals surface area contributed by atoms with E-state index in [-0.39, 0.29) is 6.03 Å². The van der Waals surface area contributed by atoms with E-state index in [0.717, 1.165) is 28.2 Å². The van der Waals surface area contributed by atoms with E-state index in [9.17, 15) is 4.79 Å². The van der Waals surface area contributed by atoms with Crippen molar-refractivity contribution in [3.8, 4) is 0 Å². The van der Waals surface area contributed by atoms with E-state index >= 15 is 0 Å². The summed E-state index contributed by atoms with van der Waals surface area (Å²) in [5.74, 6) is 1.37. The quantitative estimate of drug-likeness (QED) is 0.756. The van der Waals surface area contributed by atoms with Crippen LogP contribution in [-0.4, -0.2) is 37.9 Å². The Morgan fingerprint density at radius 3 is 2.38 bits per heavy atom. The largest absolute Gasteiger partial charge is 0.340 e. The molecule has 0 unspecified atom stereocenters. The molecule has 3 rings (SSSR count). The minimum Gasteiger partial charge on any atom is -0.340 e. The van der Waals surface area contributed by atoms with Gasteiger partial charge in [-0.2, -0.15) is 0 Å². The number of amides is 2. The van der Waals surface area contributed by atoms with Crippen molar-refractivity contribution in [3.63, 3.8) is 0 Å². The van der Waals surface area contributed by atoms with Crippen LogP contribution in [0, 0.1) is 27.7 Å². The highest BCUT2D eigenvalue weighted by Gasteiger charge is 2.13. The molecule has 26 heavy (non-hydrogen) atoms. The molecule has 0 aliphatic carbocycles. The number of hydrogen-bond donors (Lipinski definition) is 2. The summed E-state index contributed by atoms with van der Waals surface area (Å²) in [6, 6.07) is 5.85. The van der Waals surface area contributed by atoms with Crippen molar-refractivity contribution in [1.29, 1.82) is 0 Å². The van der Waals surface area contributed by atoms with Crippen molar-refractivity contribution in [2.75, 3.05) is 7.05 Å². The average Bonchev–Trinajstić information content (AvgIpc) is 2.93. The number of fused-ring (bicyclic) bond motifs is 1. The number of nitrogens with one attached hydrogen (secondary N) is 2. The SMILES string of the molecule is Cc1cc(C)nc(CNC(=O)N(C)Cc2nc3cc(C)c(C)cc3[nH]2)n1. The first kappa shape index (κ1) is 17.8. The molecule has 0 aliphatic heterocycles. The van der Waals surface area contributed by atoms with Gasteiger partial charge in [0.1, 0.15) is 11.6 Å². The van der Waals surface area contributed by atoms with Gasteiger partial charge in [0.15, 0.2) is 0 Å². The summed E-state index contributed by atoms with van der Waals surface area (Å²) in [6.45, 7) is 8.66. The molecule has 7 nitrogen and oxygen atoms in total. The lowest BCUT2D eigenvalue weighted by atomic mass is 10.1. The molecular weight excluding hydrogens is 328 g/mol. The fraction of sp³-hybridized carbons (Fsp3) is 0.368. The fourth-order valence-corrected chi connectivity index (χ4v) is 2.86. The summed E-state index contributed by atoms with van der Waals surface area (Å²) in [5, 5.41) is 2.85.